The van der Waals surface area contributed by atoms with Crippen molar-refractivity contribution in [2.45, 2.75) is 45.1 Å². The molecule has 2 rings (SSSR count). The average molecular weight is 290 g/mol. The van der Waals surface area contributed by atoms with E-state index in [-0.39, 0.29) is 5.91 Å². The Morgan fingerprint density at radius 3 is 2.48 bits per heavy atom. The van der Waals surface area contributed by atoms with Gasteiger partial charge in [0.15, 0.2) is 0 Å². The van der Waals surface area contributed by atoms with Gasteiger partial charge in [-0.1, -0.05) is 39.3 Å². The molecule has 0 unspecified atom stereocenters. The number of rotatable bonds is 6. The molecule has 2 N–H and O–H groups in total. The maximum atomic E-state index is 12.0. The SMILES string of the molecule is CCCC1(O)CN(CC(=O)Nc2ccc(C(C)C)cc2)C1. The van der Waals surface area contributed by atoms with Crippen molar-refractivity contribution in [2.24, 2.45) is 0 Å². The topological polar surface area (TPSA) is 52.6 Å². The number of anilines is 1. The van der Waals surface area contributed by atoms with E-state index in [9.17, 15) is 9.90 Å². The van der Waals surface area contributed by atoms with E-state index in [2.05, 4.69) is 26.1 Å². The monoisotopic (exact) mass is 290 g/mol. The van der Waals surface area contributed by atoms with E-state index in [1.54, 1.807) is 0 Å². The van der Waals surface area contributed by atoms with E-state index < -0.39 is 5.60 Å². The Kier molecular flexibility index (Phi) is 5.01. The molecule has 0 radical (unpaired) electrons. The van der Waals surface area contributed by atoms with E-state index in [1.807, 2.05) is 29.2 Å². The third-order valence-electron chi connectivity index (χ3n) is 3.98. The second kappa shape index (κ2) is 6.58. The number of β-amino-alcohol motifs (C(OH)–C–C–N with tert-alkyl or cyclic N) is 1. The van der Waals surface area contributed by atoms with E-state index in [1.165, 1.54) is 5.56 Å². The summed E-state index contributed by atoms with van der Waals surface area (Å²) in [5, 5.41) is 13.0. The molecule has 116 valence electrons. The fourth-order valence-electron chi connectivity index (χ4n) is 2.88. The van der Waals surface area contributed by atoms with Crippen LogP contribution >= 0.6 is 0 Å². The fourth-order valence-corrected chi connectivity index (χ4v) is 2.88. The molecule has 21 heavy (non-hydrogen) atoms. The number of nitrogens with zero attached hydrogens (tertiary/aromatic N) is 1. The summed E-state index contributed by atoms with van der Waals surface area (Å²) in [4.78, 5) is 13.9. The van der Waals surface area contributed by atoms with Crippen LogP contribution in [-0.4, -0.2) is 41.1 Å². The number of carbonyl (C=O) groups is 1. The van der Waals surface area contributed by atoms with E-state index in [4.69, 9.17) is 0 Å². The van der Waals surface area contributed by atoms with E-state index in [0.717, 1.165) is 18.5 Å². The minimum atomic E-state index is -0.575. The molecule has 0 spiro atoms. The molecule has 1 aromatic carbocycles. The van der Waals surface area contributed by atoms with E-state index >= 15 is 0 Å². The highest BCUT2D eigenvalue weighted by Gasteiger charge is 2.40. The molecule has 1 aliphatic heterocycles. The summed E-state index contributed by atoms with van der Waals surface area (Å²) in [5.41, 5.74) is 1.52. The highest BCUT2D eigenvalue weighted by molar-refractivity contribution is 5.92. The van der Waals surface area contributed by atoms with Crippen molar-refractivity contribution in [3.05, 3.63) is 29.8 Å². The number of aliphatic hydroxyl groups is 1. The molecule has 0 bridgehead atoms. The molecule has 0 saturated carbocycles. The highest BCUT2D eigenvalue weighted by atomic mass is 16.3. The minimum absolute atomic E-state index is 0.0224. The first-order valence-corrected chi connectivity index (χ1v) is 7.76. The predicted octanol–water partition coefficient (Wildman–Crippen LogP) is 2.60. The molecule has 1 fully saturated rings. The van der Waals surface area contributed by atoms with Crippen LogP contribution in [0.25, 0.3) is 0 Å². The first kappa shape index (κ1) is 16.0. The summed E-state index contributed by atoms with van der Waals surface area (Å²) in [5.74, 6) is 0.470. The summed E-state index contributed by atoms with van der Waals surface area (Å²) in [7, 11) is 0. The maximum absolute atomic E-state index is 12.0. The fraction of sp³-hybridized carbons (Fsp3) is 0.588. The number of carbonyl (C=O) groups excluding carboxylic acids is 1. The number of benzene rings is 1. The second-order valence-corrected chi connectivity index (χ2v) is 6.44. The molecule has 1 heterocycles. The lowest BCUT2D eigenvalue weighted by Gasteiger charge is -2.46. The molecule has 1 amide bonds. The van der Waals surface area contributed by atoms with Crippen LogP contribution in [0, 0.1) is 0 Å². The van der Waals surface area contributed by atoms with Crippen LogP contribution in [0.2, 0.25) is 0 Å². The predicted molar refractivity (Wildman–Crippen MR) is 85.5 cm³/mol. The Morgan fingerprint density at radius 2 is 1.95 bits per heavy atom. The molecule has 4 heteroatoms. The Labute approximate surface area is 127 Å². The highest BCUT2D eigenvalue weighted by Crippen LogP contribution is 2.25. The van der Waals surface area contributed by atoms with Gasteiger partial charge < -0.3 is 10.4 Å². The Hall–Kier alpha value is -1.39. The van der Waals surface area contributed by atoms with E-state index in [0.29, 0.717) is 25.6 Å². The Balaban J connectivity index is 1.78. The standard InChI is InChI=1S/C17H26N2O2/c1-4-9-17(21)11-19(12-17)10-16(20)18-15-7-5-14(6-8-15)13(2)3/h5-8,13,21H,4,9-12H2,1-3H3,(H,18,20). The van der Waals surface area contributed by atoms with Crippen molar-refractivity contribution in [3.63, 3.8) is 0 Å². The molecule has 0 aromatic heterocycles. The lowest BCUT2D eigenvalue weighted by Crippen LogP contribution is -2.62. The van der Waals surface area contributed by atoms with Crippen LogP contribution in [0.4, 0.5) is 5.69 Å². The number of likely N-dealkylation sites (tertiary alicyclic amines) is 1. The molecule has 0 aliphatic carbocycles. The number of nitrogens with one attached hydrogen (secondary N) is 1. The van der Waals surface area contributed by atoms with Crippen molar-refractivity contribution in [2.75, 3.05) is 25.0 Å². The first-order chi connectivity index (χ1) is 9.92. The molecule has 1 saturated heterocycles. The second-order valence-electron chi connectivity index (χ2n) is 6.44. The molecular formula is C17H26N2O2. The van der Waals surface area contributed by atoms with Gasteiger partial charge in [0.2, 0.25) is 5.91 Å². The zero-order valence-electron chi connectivity index (χ0n) is 13.2. The normalized spacial score (nSPS) is 17.6. The lowest BCUT2D eigenvalue weighted by molar-refractivity contribution is -0.129. The van der Waals surface area contributed by atoms with Crippen LogP contribution < -0.4 is 5.32 Å². The van der Waals surface area contributed by atoms with Crippen LogP contribution in [-0.2, 0) is 4.79 Å². The van der Waals surface area contributed by atoms with Gasteiger partial charge in [-0.3, -0.25) is 9.69 Å². The Morgan fingerprint density at radius 1 is 1.33 bits per heavy atom. The summed E-state index contributed by atoms with van der Waals surface area (Å²) in [6.45, 7) is 7.90. The molecule has 1 aliphatic rings. The zero-order valence-corrected chi connectivity index (χ0v) is 13.2. The Bertz CT molecular complexity index is 476. The number of hydrogen-bond acceptors (Lipinski definition) is 3. The maximum Gasteiger partial charge on any atom is 0.238 e. The smallest absolute Gasteiger partial charge is 0.238 e. The van der Waals surface area contributed by atoms with Crippen molar-refractivity contribution < 1.29 is 9.90 Å². The van der Waals surface area contributed by atoms with Gasteiger partial charge in [0.25, 0.3) is 0 Å². The average Bonchev–Trinajstić information content (AvgIpc) is 2.37. The molecular weight excluding hydrogens is 264 g/mol. The first-order valence-electron chi connectivity index (χ1n) is 7.76. The van der Waals surface area contributed by atoms with Crippen molar-refractivity contribution in [1.29, 1.82) is 0 Å². The van der Waals surface area contributed by atoms with Gasteiger partial charge in [0.1, 0.15) is 0 Å². The van der Waals surface area contributed by atoms with Gasteiger partial charge in [0, 0.05) is 18.8 Å². The number of amides is 1. The van der Waals surface area contributed by atoms with Gasteiger partial charge in [-0.05, 0) is 30.0 Å². The molecule has 0 atom stereocenters. The van der Waals surface area contributed by atoms with Crippen molar-refractivity contribution in [3.8, 4) is 0 Å². The summed E-state index contributed by atoms with van der Waals surface area (Å²) in [6, 6.07) is 7.97. The van der Waals surface area contributed by atoms with Gasteiger partial charge in [0.05, 0.1) is 12.1 Å². The van der Waals surface area contributed by atoms with Crippen LogP contribution in [0.5, 0.6) is 0 Å². The largest absolute Gasteiger partial charge is 0.387 e. The third kappa shape index (κ3) is 4.29. The minimum Gasteiger partial charge on any atom is -0.387 e. The van der Waals surface area contributed by atoms with Gasteiger partial charge >= 0.3 is 0 Å². The van der Waals surface area contributed by atoms with Crippen LogP contribution in [0.15, 0.2) is 24.3 Å². The van der Waals surface area contributed by atoms with Crippen molar-refractivity contribution in [1.82, 2.24) is 4.90 Å². The summed E-state index contributed by atoms with van der Waals surface area (Å²) >= 11 is 0. The van der Waals surface area contributed by atoms with Gasteiger partial charge in [-0.2, -0.15) is 0 Å². The van der Waals surface area contributed by atoms with Crippen LogP contribution in [0.3, 0.4) is 0 Å². The van der Waals surface area contributed by atoms with Gasteiger partial charge in [-0.15, -0.1) is 0 Å². The third-order valence-corrected chi connectivity index (χ3v) is 3.98. The van der Waals surface area contributed by atoms with Crippen LogP contribution in [0.1, 0.15) is 45.1 Å². The zero-order chi connectivity index (χ0) is 15.5. The lowest BCUT2D eigenvalue weighted by atomic mass is 9.89. The molecule has 4 nitrogen and oxygen atoms in total. The van der Waals surface area contributed by atoms with Gasteiger partial charge in [-0.25, -0.2) is 0 Å². The summed E-state index contributed by atoms with van der Waals surface area (Å²) < 4.78 is 0. The quantitative estimate of drug-likeness (QED) is 0.846. The number of hydrogen-bond donors (Lipinski definition) is 2. The summed E-state index contributed by atoms with van der Waals surface area (Å²) in [6.07, 6.45) is 1.78. The molecule has 1 aromatic rings. The van der Waals surface area contributed by atoms with Crippen molar-refractivity contribution >= 4 is 11.6 Å².